The summed E-state index contributed by atoms with van der Waals surface area (Å²) in [6.45, 7) is 3.25. The van der Waals surface area contributed by atoms with Crippen LogP contribution in [0.15, 0.2) is 5.16 Å². The van der Waals surface area contributed by atoms with Crippen LogP contribution in [0.4, 0.5) is 0 Å². The maximum absolute atomic E-state index is 4.92. The Morgan fingerprint density at radius 1 is 1.38 bits per heavy atom. The fraction of sp³-hybridized carbons (Fsp3) is 0.833. The first-order valence-corrected chi connectivity index (χ1v) is 3.05. The van der Waals surface area contributed by atoms with Crippen molar-refractivity contribution in [1.82, 2.24) is 0 Å². The zero-order valence-corrected chi connectivity index (χ0v) is 4.97. The molecule has 2 nitrogen and oxygen atoms in total. The summed E-state index contributed by atoms with van der Waals surface area (Å²) in [5.41, 5.74) is 0. The van der Waals surface area contributed by atoms with Crippen molar-refractivity contribution in [2.75, 3.05) is 0 Å². The minimum Gasteiger partial charge on any atom is -0.393 e. The molecule has 0 aliphatic heterocycles. The smallest absolute Gasteiger partial charge is 0.127 e. The van der Waals surface area contributed by atoms with E-state index in [0.29, 0.717) is 6.10 Å². The van der Waals surface area contributed by atoms with Crippen LogP contribution in [0, 0.1) is 0 Å². The van der Waals surface area contributed by atoms with Crippen LogP contribution >= 0.6 is 0 Å². The fourth-order valence-electron chi connectivity index (χ4n) is 1.10. The van der Waals surface area contributed by atoms with Crippen molar-refractivity contribution in [2.45, 2.75) is 31.8 Å². The second-order valence-electron chi connectivity index (χ2n) is 2.14. The zero-order chi connectivity index (χ0) is 5.82. The van der Waals surface area contributed by atoms with Gasteiger partial charge in [-0.3, -0.25) is 0 Å². The van der Waals surface area contributed by atoms with E-state index >= 15 is 0 Å². The van der Waals surface area contributed by atoms with E-state index in [0.717, 1.165) is 0 Å². The lowest BCUT2D eigenvalue weighted by atomic mass is 10.3. The van der Waals surface area contributed by atoms with Gasteiger partial charge in [0, 0.05) is 6.72 Å². The predicted octanol–water partition coefficient (Wildman–Crippen LogP) is 1.56. The first-order valence-electron chi connectivity index (χ1n) is 3.05. The molecule has 8 heavy (non-hydrogen) atoms. The Kier molecular flexibility index (Phi) is 1.89. The molecule has 0 spiro atoms. The van der Waals surface area contributed by atoms with Crippen molar-refractivity contribution in [3.8, 4) is 0 Å². The lowest BCUT2D eigenvalue weighted by molar-refractivity contribution is 0.0666. The van der Waals surface area contributed by atoms with Gasteiger partial charge in [0.15, 0.2) is 0 Å². The summed E-state index contributed by atoms with van der Waals surface area (Å²) in [7, 11) is 0. The molecule has 0 atom stereocenters. The molecule has 0 radical (unpaired) electrons. The summed E-state index contributed by atoms with van der Waals surface area (Å²) in [6, 6.07) is 0. The van der Waals surface area contributed by atoms with Crippen LogP contribution < -0.4 is 0 Å². The summed E-state index contributed by atoms with van der Waals surface area (Å²) >= 11 is 0. The van der Waals surface area contributed by atoms with Crippen molar-refractivity contribution in [3.05, 3.63) is 0 Å². The standard InChI is InChI=1S/C6H11NO/c1-7-8-6-4-2-3-5-6/h6H,1-5H2. The molecular formula is C6H11NO. The van der Waals surface area contributed by atoms with Crippen molar-refractivity contribution in [2.24, 2.45) is 5.16 Å². The maximum atomic E-state index is 4.92. The van der Waals surface area contributed by atoms with Crippen LogP contribution in [-0.2, 0) is 4.84 Å². The highest BCUT2D eigenvalue weighted by Crippen LogP contribution is 2.20. The highest BCUT2D eigenvalue weighted by molar-refractivity contribution is 5.21. The Balaban J connectivity index is 2.14. The van der Waals surface area contributed by atoms with E-state index < -0.39 is 0 Å². The molecule has 0 unspecified atom stereocenters. The Hall–Kier alpha value is -0.530. The van der Waals surface area contributed by atoms with E-state index in [4.69, 9.17) is 4.84 Å². The minimum atomic E-state index is 0.382. The van der Waals surface area contributed by atoms with Gasteiger partial charge in [-0.2, -0.15) is 0 Å². The molecule has 0 aromatic heterocycles. The lowest BCUT2D eigenvalue weighted by Gasteiger charge is -2.03. The fourth-order valence-corrected chi connectivity index (χ4v) is 1.10. The number of rotatable bonds is 2. The largest absolute Gasteiger partial charge is 0.393 e. The Morgan fingerprint density at radius 3 is 2.50 bits per heavy atom. The van der Waals surface area contributed by atoms with Crippen LogP contribution in [0.25, 0.3) is 0 Å². The first kappa shape index (κ1) is 5.60. The molecule has 0 aromatic carbocycles. The van der Waals surface area contributed by atoms with E-state index in [2.05, 4.69) is 11.9 Å². The van der Waals surface area contributed by atoms with Gasteiger partial charge in [-0.15, -0.1) is 5.16 Å². The van der Waals surface area contributed by atoms with Gasteiger partial charge in [0.05, 0.1) is 0 Å². The highest BCUT2D eigenvalue weighted by Gasteiger charge is 2.14. The molecule has 1 aliphatic carbocycles. The number of oxime groups is 1. The molecule has 2 heteroatoms. The second-order valence-corrected chi connectivity index (χ2v) is 2.14. The van der Waals surface area contributed by atoms with Crippen LogP contribution in [-0.4, -0.2) is 12.8 Å². The molecule has 1 aliphatic rings. The third-order valence-corrected chi connectivity index (χ3v) is 1.53. The van der Waals surface area contributed by atoms with E-state index in [1.165, 1.54) is 25.7 Å². The van der Waals surface area contributed by atoms with Gasteiger partial charge in [0.25, 0.3) is 0 Å². The van der Waals surface area contributed by atoms with E-state index in [-0.39, 0.29) is 0 Å². The van der Waals surface area contributed by atoms with Crippen molar-refractivity contribution >= 4 is 6.72 Å². The summed E-state index contributed by atoms with van der Waals surface area (Å²) < 4.78 is 0. The quantitative estimate of drug-likeness (QED) is 0.393. The molecule has 0 N–H and O–H groups in total. The highest BCUT2D eigenvalue weighted by atomic mass is 16.6. The molecule has 1 rings (SSSR count). The predicted molar refractivity (Wildman–Crippen MR) is 32.9 cm³/mol. The second kappa shape index (κ2) is 2.70. The van der Waals surface area contributed by atoms with Gasteiger partial charge in [0.2, 0.25) is 0 Å². The Labute approximate surface area is 49.5 Å². The van der Waals surface area contributed by atoms with Crippen LogP contribution in [0.3, 0.4) is 0 Å². The molecule has 0 aromatic rings. The van der Waals surface area contributed by atoms with Crippen LogP contribution in [0.5, 0.6) is 0 Å². The third-order valence-electron chi connectivity index (χ3n) is 1.53. The normalized spacial score (nSPS) is 21.0. The SMILES string of the molecule is C=NOC1CCCC1. The van der Waals surface area contributed by atoms with Gasteiger partial charge in [0.1, 0.15) is 6.10 Å². The Bertz CT molecular complexity index is 76.6. The molecule has 0 heterocycles. The summed E-state index contributed by atoms with van der Waals surface area (Å²) in [4.78, 5) is 4.92. The molecule has 1 fully saturated rings. The molecule has 0 bridgehead atoms. The van der Waals surface area contributed by atoms with Crippen molar-refractivity contribution in [3.63, 3.8) is 0 Å². The number of nitrogens with zero attached hydrogens (tertiary/aromatic N) is 1. The average Bonchev–Trinajstić information content (AvgIpc) is 2.19. The van der Waals surface area contributed by atoms with E-state index in [1.54, 1.807) is 0 Å². The number of hydrogen-bond acceptors (Lipinski definition) is 2. The molecular weight excluding hydrogens is 102 g/mol. The average molecular weight is 113 g/mol. The van der Waals surface area contributed by atoms with Crippen LogP contribution in [0.1, 0.15) is 25.7 Å². The third kappa shape index (κ3) is 1.22. The van der Waals surface area contributed by atoms with Gasteiger partial charge >= 0.3 is 0 Å². The van der Waals surface area contributed by atoms with E-state index in [1.807, 2.05) is 0 Å². The lowest BCUT2D eigenvalue weighted by Crippen LogP contribution is -2.00. The summed E-state index contributed by atoms with van der Waals surface area (Å²) in [6.07, 6.45) is 5.30. The van der Waals surface area contributed by atoms with Gasteiger partial charge < -0.3 is 4.84 Å². The molecule has 0 saturated heterocycles. The van der Waals surface area contributed by atoms with Gasteiger partial charge in [-0.1, -0.05) is 0 Å². The molecule has 0 amide bonds. The zero-order valence-electron chi connectivity index (χ0n) is 4.97. The van der Waals surface area contributed by atoms with E-state index in [9.17, 15) is 0 Å². The molecule has 46 valence electrons. The van der Waals surface area contributed by atoms with Gasteiger partial charge in [-0.05, 0) is 25.7 Å². The van der Waals surface area contributed by atoms with Gasteiger partial charge in [-0.25, -0.2) is 0 Å². The number of hydrogen-bond donors (Lipinski definition) is 0. The Morgan fingerprint density at radius 2 is 2.00 bits per heavy atom. The minimum absolute atomic E-state index is 0.382. The topological polar surface area (TPSA) is 21.6 Å². The summed E-state index contributed by atoms with van der Waals surface area (Å²) in [5.74, 6) is 0. The van der Waals surface area contributed by atoms with Crippen molar-refractivity contribution in [1.29, 1.82) is 0 Å². The van der Waals surface area contributed by atoms with Crippen LogP contribution in [0.2, 0.25) is 0 Å². The first-order chi connectivity index (χ1) is 3.93. The summed E-state index contributed by atoms with van der Waals surface area (Å²) in [5, 5.41) is 3.37. The maximum Gasteiger partial charge on any atom is 0.127 e. The molecule has 1 saturated carbocycles. The monoisotopic (exact) mass is 113 g/mol. The van der Waals surface area contributed by atoms with Crippen molar-refractivity contribution < 1.29 is 4.84 Å².